The van der Waals surface area contributed by atoms with Gasteiger partial charge in [0.2, 0.25) is 11.8 Å². The van der Waals surface area contributed by atoms with E-state index in [-0.39, 0.29) is 37.6 Å². The van der Waals surface area contributed by atoms with Crippen LogP contribution in [0.4, 0.5) is 0 Å². The summed E-state index contributed by atoms with van der Waals surface area (Å²) in [6.07, 6.45) is 16.2. The van der Waals surface area contributed by atoms with Crippen molar-refractivity contribution in [2.45, 2.75) is 148 Å². The van der Waals surface area contributed by atoms with E-state index in [0.29, 0.717) is 13.0 Å². The fourth-order valence-corrected chi connectivity index (χ4v) is 6.39. The van der Waals surface area contributed by atoms with Crippen molar-refractivity contribution in [2.75, 3.05) is 19.6 Å². The maximum atomic E-state index is 12.2. The predicted molar refractivity (Wildman–Crippen MR) is 194 cm³/mol. The van der Waals surface area contributed by atoms with Gasteiger partial charge in [0, 0.05) is 37.9 Å². The van der Waals surface area contributed by atoms with Crippen LogP contribution in [0.1, 0.15) is 151 Å². The largest absolute Gasteiger partial charge is 0.392 e. The van der Waals surface area contributed by atoms with Gasteiger partial charge in [-0.15, -0.1) is 0 Å². The summed E-state index contributed by atoms with van der Waals surface area (Å²) in [6, 6.07) is 16.0. The Morgan fingerprint density at radius 3 is 1.86 bits per heavy atom. The quantitative estimate of drug-likeness (QED) is 0.0476. The van der Waals surface area contributed by atoms with Crippen molar-refractivity contribution in [1.82, 2.24) is 15.7 Å². The topological polar surface area (TPSA) is 120 Å². The molecule has 1 aliphatic rings. The molecule has 1 saturated heterocycles. The minimum Gasteiger partial charge on any atom is -0.392 e. The number of hydrogen-bond donors (Lipinski definition) is 4. The molecule has 0 spiro atoms. The Bertz CT molecular complexity index is 1160. The molecular weight excluding hydrogens is 618 g/mol. The molecule has 1 fully saturated rings. The Morgan fingerprint density at radius 2 is 1.27 bits per heavy atom. The SMILES string of the molecule is CCCCCCCCN(CCCCCCCC)C[C@@H]1C[C@H](c2ccc(CO)cc2)O[C@H](c2ccc(CNC(=O)CCCC(=O)NO)cc2)O1. The molecule has 0 saturated carbocycles. The summed E-state index contributed by atoms with van der Waals surface area (Å²) in [5, 5.41) is 21.1. The average Bonchev–Trinajstić information content (AvgIpc) is 3.13. The number of hydrogen-bond acceptors (Lipinski definition) is 7. The molecule has 1 heterocycles. The van der Waals surface area contributed by atoms with Gasteiger partial charge in [-0.1, -0.05) is 127 Å². The summed E-state index contributed by atoms with van der Waals surface area (Å²) in [6.45, 7) is 7.99. The van der Waals surface area contributed by atoms with Crippen LogP contribution in [0, 0.1) is 0 Å². The lowest BCUT2D eigenvalue weighted by Gasteiger charge is -2.38. The third-order valence-corrected chi connectivity index (χ3v) is 9.41. The summed E-state index contributed by atoms with van der Waals surface area (Å²) in [7, 11) is 0. The zero-order chi connectivity index (χ0) is 35.1. The Morgan fingerprint density at radius 1 is 0.714 bits per heavy atom. The van der Waals surface area contributed by atoms with E-state index in [1.54, 1.807) is 5.48 Å². The second-order valence-corrected chi connectivity index (χ2v) is 13.6. The number of rotatable bonds is 25. The molecule has 3 atom stereocenters. The Labute approximate surface area is 295 Å². The first kappa shape index (κ1) is 40.6. The van der Waals surface area contributed by atoms with Crippen LogP contribution in [0.25, 0.3) is 0 Å². The minimum absolute atomic E-state index is 0.00771. The van der Waals surface area contributed by atoms with Crippen LogP contribution < -0.4 is 10.8 Å². The lowest BCUT2D eigenvalue weighted by atomic mass is 9.99. The summed E-state index contributed by atoms with van der Waals surface area (Å²) in [5.74, 6) is -0.636. The normalized spacial score (nSPS) is 17.7. The van der Waals surface area contributed by atoms with E-state index < -0.39 is 12.2 Å². The first-order valence-electron chi connectivity index (χ1n) is 19.0. The number of nitrogens with one attached hydrogen (secondary N) is 2. The van der Waals surface area contributed by atoms with Crippen molar-refractivity contribution in [2.24, 2.45) is 0 Å². The maximum Gasteiger partial charge on any atom is 0.243 e. The Hall–Kier alpha value is -2.82. The highest BCUT2D eigenvalue weighted by molar-refractivity contribution is 5.78. The molecule has 9 nitrogen and oxygen atoms in total. The Kier molecular flexibility index (Phi) is 20.2. The van der Waals surface area contributed by atoms with Crippen LogP contribution in [0.2, 0.25) is 0 Å². The van der Waals surface area contributed by atoms with Gasteiger partial charge in [-0.25, -0.2) is 5.48 Å². The average molecular weight is 682 g/mol. The van der Waals surface area contributed by atoms with Crippen molar-refractivity contribution in [1.29, 1.82) is 0 Å². The lowest BCUT2D eigenvalue weighted by molar-refractivity contribution is -0.253. The summed E-state index contributed by atoms with van der Waals surface area (Å²) in [5.41, 5.74) is 5.45. The molecule has 1 aliphatic heterocycles. The van der Waals surface area contributed by atoms with Crippen LogP contribution in [-0.2, 0) is 32.2 Å². The summed E-state index contributed by atoms with van der Waals surface area (Å²) >= 11 is 0. The fraction of sp³-hybridized carbons (Fsp3) is 0.650. The maximum absolute atomic E-state index is 12.2. The molecule has 9 heteroatoms. The summed E-state index contributed by atoms with van der Waals surface area (Å²) < 4.78 is 13.3. The van der Waals surface area contributed by atoms with Gasteiger partial charge in [0.1, 0.15) is 0 Å². The number of carbonyl (C=O) groups excluding carboxylic acids is 2. The minimum atomic E-state index is -0.521. The van der Waals surface area contributed by atoms with Crippen molar-refractivity contribution >= 4 is 11.8 Å². The van der Waals surface area contributed by atoms with Crippen molar-refractivity contribution in [3.63, 3.8) is 0 Å². The van der Waals surface area contributed by atoms with E-state index in [2.05, 4.69) is 36.2 Å². The highest BCUT2D eigenvalue weighted by Gasteiger charge is 2.33. The van der Waals surface area contributed by atoms with E-state index in [1.165, 1.54) is 77.0 Å². The number of nitrogens with zero attached hydrogens (tertiary/aromatic N) is 1. The number of hydroxylamine groups is 1. The second-order valence-electron chi connectivity index (χ2n) is 13.6. The van der Waals surface area contributed by atoms with E-state index >= 15 is 0 Å². The van der Waals surface area contributed by atoms with Crippen LogP contribution in [0.5, 0.6) is 0 Å². The number of aliphatic hydroxyl groups is 1. The molecule has 0 bridgehead atoms. The molecule has 274 valence electrons. The first-order chi connectivity index (χ1) is 23.9. The molecule has 2 amide bonds. The third kappa shape index (κ3) is 16.2. The molecule has 49 heavy (non-hydrogen) atoms. The standard InChI is InChI=1S/C40H63N3O6/c1-3-5-7-9-11-13-26-43(27-14-12-10-8-6-4-2)30-36-28-37(34-22-20-33(31-44)21-23-34)49-40(48-36)35-24-18-32(19-25-35)29-41-38(45)16-15-17-39(46)42-47/h18-25,36-37,40,44,47H,3-17,26-31H2,1-2H3,(H,41,45)(H,42,46)/t36-,37+,40+/m0/s1. The molecule has 4 N–H and O–H groups in total. The van der Waals surface area contributed by atoms with E-state index in [9.17, 15) is 14.7 Å². The van der Waals surface area contributed by atoms with Crippen molar-refractivity contribution in [3.05, 3.63) is 70.8 Å². The lowest BCUT2D eigenvalue weighted by Crippen LogP contribution is -2.40. The smallest absolute Gasteiger partial charge is 0.243 e. The first-order valence-corrected chi connectivity index (χ1v) is 19.0. The fourth-order valence-electron chi connectivity index (χ4n) is 6.39. The van der Waals surface area contributed by atoms with Crippen LogP contribution in [0.3, 0.4) is 0 Å². The van der Waals surface area contributed by atoms with Crippen LogP contribution in [-0.4, -0.2) is 52.8 Å². The zero-order valence-electron chi connectivity index (χ0n) is 30.2. The number of unbranched alkanes of at least 4 members (excludes halogenated alkanes) is 10. The monoisotopic (exact) mass is 681 g/mol. The molecule has 0 aliphatic carbocycles. The number of amides is 2. The second kappa shape index (κ2) is 24.3. The molecule has 0 radical (unpaired) electrons. The van der Waals surface area contributed by atoms with Gasteiger partial charge in [-0.3, -0.25) is 14.8 Å². The van der Waals surface area contributed by atoms with E-state index in [1.807, 2.05) is 36.4 Å². The van der Waals surface area contributed by atoms with Crippen LogP contribution in [0.15, 0.2) is 48.5 Å². The van der Waals surface area contributed by atoms with E-state index in [0.717, 1.165) is 48.3 Å². The number of carbonyl (C=O) groups is 2. The molecule has 3 rings (SSSR count). The predicted octanol–water partition coefficient (Wildman–Crippen LogP) is 8.04. The van der Waals surface area contributed by atoms with Crippen molar-refractivity contribution in [3.8, 4) is 0 Å². The number of aliphatic hydroxyl groups excluding tert-OH is 1. The van der Waals surface area contributed by atoms with E-state index in [4.69, 9.17) is 14.7 Å². The third-order valence-electron chi connectivity index (χ3n) is 9.41. The van der Waals surface area contributed by atoms with Gasteiger partial charge >= 0.3 is 0 Å². The molecular formula is C40H63N3O6. The van der Waals surface area contributed by atoms with Crippen LogP contribution >= 0.6 is 0 Å². The molecule has 0 aromatic heterocycles. The molecule has 2 aromatic carbocycles. The zero-order valence-corrected chi connectivity index (χ0v) is 30.2. The highest BCUT2D eigenvalue weighted by Crippen LogP contribution is 2.38. The number of ether oxygens (including phenoxy) is 2. The Balaban J connectivity index is 1.66. The van der Waals surface area contributed by atoms with Gasteiger partial charge in [0.25, 0.3) is 0 Å². The van der Waals surface area contributed by atoms with Gasteiger partial charge in [0.05, 0.1) is 18.8 Å². The van der Waals surface area contributed by atoms with Gasteiger partial charge in [0.15, 0.2) is 6.29 Å². The van der Waals surface area contributed by atoms with Gasteiger partial charge in [-0.05, 0) is 49.0 Å². The van der Waals surface area contributed by atoms with Crippen molar-refractivity contribution < 1.29 is 29.4 Å². The number of benzene rings is 2. The van der Waals surface area contributed by atoms with Gasteiger partial charge in [-0.2, -0.15) is 0 Å². The molecule has 0 unspecified atom stereocenters. The highest BCUT2D eigenvalue weighted by atomic mass is 16.7. The summed E-state index contributed by atoms with van der Waals surface area (Å²) in [4.78, 5) is 26.0. The van der Waals surface area contributed by atoms with Gasteiger partial charge < -0.3 is 24.8 Å². The molecule has 2 aromatic rings.